The third-order valence-corrected chi connectivity index (χ3v) is 5.09. The third-order valence-electron chi connectivity index (χ3n) is 4.32. The van der Waals surface area contributed by atoms with Crippen molar-refractivity contribution < 1.29 is 4.74 Å². The number of nitrogens with one attached hydrogen (secondary N) is 1. The first-order chi connectivity index (χ1) is 11.8. The Balaban J connectivity index is 1.30. The highest BCUT2D eigenvalue weighted by Gasteiger charge is 2.20. The molecule has 1 aliphatic heterocycles. The summed E-state index contributed by atoms with van der Waals surface area (Å²) in [6.07, 6.45) is 7.90. The van der Waals surface area contributed by atoms with Gasteiger partial charge in [0.25, 0.3) is 0 Å². The minimum absolute atomic E-state index is 0.436. The van der Waals surface area contributed by atoms with Crippen LogP contribution < -0.4 is 10.1 Å². The minimum atomic E-state index is 0.436. The number of anilines is 1. The molecule has 0 radical (unpaired) electrons. The molecule has 0 atom stereocenters. The lowest BCUT2D eigenvalue weighted by Crippen LogP contribution is -2.38. The predicted molar refractivity (Wildman–Crippen MR) is 93.6 cm³/mol. The normalized spacial score (nSPS) is 16.5. The van der Waals surface area contributed by atoms with Crippen molar-refractivity contribution in [3.05, 3.63) is 35.9 Å². The van der Waals surface area contributed by atoms with Crippen LogP contribution in [0.15, 0.2) is 30.2 Å². The zero-order valence-electron chi connectivity index (χ0n) is 13.6. The van der Waals surface area contributed by atoms with Gasteiger partial charge >= 0.3 is 0 Å². The average molecular weight is 344 g/mol. The van der Waals surface area contributed by atoms with Crippen molar-refractivity contribution in [1.29, 1.82) is 0 Å². The van der Waals surface area contributed by atoms with Gasteiger partial charge in [-0.3, -0.25) is 9.30 Å². The van der Waals surface area contributed by atoms with Crippen molar-refractivity contribution >= 4 is 22.1 Å². The number of methoxy groups -OCH3 is 1. The Morgan fingerprint density at radius 1 is 1.33 bits per heavy atom. The number of hydrogen-bond acceptors (Lipinski definition) is 7. The van der Waals surface area contributed by atoms with Crippen LogP contribution in [0.4, 0.5) is 5.82 Å². The van der Waals surface area contributed by atoms with E-state index in [0.29, 0.717) is 11.9 Å². The average Bonchev–Trinajstić information content (AvgIpc) is 3.18. The third kappa shape index (κ3) is 3.34. The highest BCUT2D eigenvalue weighted by Crippen LogP contribution is 2.19. The van der Waals surface area contributed by atoms with Crippen LogP contribution in [0, 0.1) is 0 Å². The Labute approximate surface area is 144 Å². The smallest absolute Gasteiger partial charge is 0.218 e. The van der Waals surface area contributed by atoms with Crippen molar-refractivity contribution in [3.8, 4) is 5.88 Å². The number of piperidine rings is 1. The van der Waals surface area contributed by atoms with Gasteiger partial charge in [0.2, 0.25) is 5.88 Å². The van der Waals surface area contributed by atoms with Gasteiger partial charge in [0, 0.05) is 49.5 Å². The quantitative estimate of drug-likeness (QED) is 0.766. The first kappa shape index (κ1) is 15.3. The number of aromatic nitrogens is 4. The highest BCUT2D eigenvalue weighted by atomic mass is 32.1. The van der Waals surface area contributed by atoms with Gasteiger partial charge in [-0.15, -0.1) is 11.3 Å². The fourth-order valence-corrected chi connectivity index (χ4v) is 3.77. The molecule has 24 heavy (non-hydrogen) atoms. The maximum atomic E-state index is 5.14. The molecule has 4 rings (SSSR count). The second-order valence-electron chi connectivity index (χ2n) is 5.97. The molecular weight excluding hydrogens is 324 g/mol. The van der Waals surface area contributed by atoms with E-state index < -0.39 is 0 Å². The molecule has 1 saturated heterocycles. The van der Waals surface area contributed by atoms with Crippen LogP contribution in [0.1, 0.15) is 18.5 Å². The van der Waals surface area contributed by atoms with Crippen LogP contribution in [-0.2, 0) is 6.54 Å². The summed E-state index contributed by atoms with van der Waals surface area (Å²) in [6, 6.07) is 2.27. The van der Waals surface area contributed by atoms with E-state index in [9.17, 15) is 0 Å². The molecule has 0 amide bonds. The van der Waals surface area contributed by atoms with Gasteiger partial charge in [-0.05, 0) is 12.8 Å². The van der Waals surface area contributed by atoms with Crippen LogP contribution in [0.2, 0.25) is 0 Å². The van der Waals surface area contributed by atoms with E-state index in [4.69, 9.17) is 4.74 Å². The summed E-state index contributed by atoms with van der Waals surface area (Å²) in [5.41, 5.74) is 1.15. The number of fused-ring (bicyclic) bond motifs is 1. The van der Waals surface area contributed by atoms with E-state index in [1.54, 1.807) is 18.4 Å². The van der Waals surface area contributed by atoms with Crippen molar-refractivity contribution in [2.24, 2.45) is 0 Å². The topological polar surface area (TPSA) is 67.6 Å². The lowest BCUT2D eigenvalue weighted by atomic mass is 10.0. The van der Waals surface area contributed by atoms with Gasteiger partial charge in [-0.25, -0.2) is 15.0 Å². The summed E-state index contributed by atoms with van der Waals surface area (Å²) in [7, 11) is 1.62. The Hall–Kier alpha value is -2.19. The predicted octanol–water partition coefficient (Wildman–Crippen LogP) is 2.27. The molecule has 0 spiro atoms. The number of likely N-dealkylation sites (tertiary alicyclic amines) is 1. The Bertz CT molecular complexity index is 779. The summed E-state index contributed by atoms with van der Waals surface area (Å²) < 4.78 is 7.23. The molecule has 4 heterocycles. The maximum absolute atomic E-state index is 5.14. The fourth-order valence-electron chi connectivity index (χ4n) is 3.06. The van der Waals surface area contributed by atoms with Gasteiger partial charge in [0.15, 0.2) is 4.96 Å². The van der Waals surface area contributed by atoms with Crippen molar-refractivity contribution in [2.45, 2.75) is 25.4 Å². The molecule has 0 saturated carbocycles. The van der Waals surface area contributed by atoms with E-state index in [-0.39, 0.29) is 0 Å². The molecule has 3 aromatic rings. The SMILES string of the molecule is COc1cc(NC2CCN(Cc3cn4ccsc4n3)CC2)ncn1. The molecule has 7 nitrogen and oxygen atoms in total. The molecule has 8 heteroatoms. The molecule has 0 aromatic carbocycles. The first-order valence-electron chi connectivity index (χ1n) is 8.06. The first-order valence-corrected chi connectivity index (χ1v) is 8.94. The number of ether oxygens (including phenoxy) is 1. The maximum Gasteiger partial charge on any atom is 0.218 e. The van der Waals surface area contributed by atoms with Crippen molar-refractivity contribution in [2.75, 3.05) is 25.5 Å². The second-order valence-corrected chi connectivity index (χ2v) is 6.84. The monoisotopic (exact) mass is 344 g/mol. The molecule has 3 aromatic heterocycles. The molecule has 1 aliphatic rings. The number of imidazole rings is 1. The summed E-state index contributed by atoms with van der Waals surface area (Å²) >= 11 is 1.68. The van der Waals surface area contributed by atoms with Crippen LogP contribution in [-0.4, -0.2) is 50.5 Å². The van der Waals surface area contributed by atoms with Crippen LogP contribution in [0.25, 0.3) is 4.96 Å². The summed E-state index contributed by atoms with van der Waals surface area (Å²) in [5.74, 6) is 1.42. The van der Waals surface area contributed by atoms with Crippen molar-refractivity contribution in [3.63, 3.8) is 0 Å². The molecule has 1 fully saturated rings. The highest BCUT2D eigenvalue weighted by molar-refractivity contribution is 7.15. The lowest BCUT2D eigenvalue weighted by Gasteiger charge is -2.32. The number of rotatable bonds is 5. The van der Waals surface area contributed by atoms with Gasteiger partial charge in [-0.2, -0.15) is 0 Å². The molecule has 0 aliphatic carbocycles. The Morgan fingerprint density at radius 3 is 3.00 bits per heavy atom. The van der Waals surface area contributed by atoms with E-state index in [2.05, 4.69) is 47.3 Å². The van der Waals surface area contributed by atoms with E-state index >= 15 is 0 Å². The molecule has 126 valence electrons. The second kappa shape index (κ2) is 6.74. The van der Waals surface area contributed by atoms with Crippen molar-refractivity contribution in [1.82, 2.24) is 24.3 Å². The van der Waals surface area contributed by atoms with Crippen LogP contribution in [0.5, 0.6) is 5.88 Å². The van der Waals surface area contributed by atoms with E-state index in [1.165, 1.54) is 6.33 Å². The molecule has 1 N–H and O–H groups in total. The molecule has 0 bridgehead atoms. The number of thiazole rings is 1. The lowest BCUT2D eigenvalue weighted by molar-refractivity contribution is 0.209. The Morgan fingerprint density at radius 2 is 2.21 bits per heavy atom. The van der Waals surface area contributed by atoms with E-state index in [0.717, 1.165) is 48.9 Å². The summed E-state index contributed by atoms with van der Waals surface area (Å²) in [5, 5.41) is 5.54. The molecule has 0 unspecified atom stereocenters. The van der Waals surface area contributed by atoms with Gasteiger partial charge in [0.05, 0.1) is 12.8 Å². The largest absolute Gasteiger partial charge is 0.481 e. The fraction of sp³-hybridized carbons (Fsp3) is 0.438. The number of hydrogen-bond donors (Lipinski definition) is 1. The van der Waals surface area contributed by atoms with Crippen LogP contribution >= 0.6 is 11.3 Å². The summed E-state index contributed by atoms with van der Waals surface area (Å²) in [6.45, 7) is 3.04. The Kier molecular flexibility index (Phi) is 4.31. The van der Waals surface area contributed by atoms with Gasteiger partial charge in [-0.1, -0.05) is 0 Å². The summed E-state index contributed by atoms with van der Waals surface area (Å²) in [4.78, 5) is 16.5. The number of nitrogens with zero attached hydrogens (tertiary/aromatic N) is 5. The standard InChI is InChI=1S/C16H20N6OS/c1-23-15-8-14(17-11-18-15)19-12-2-4-21(5-3-12)9-13-10-22-6-7-24-16(22)20-13/h6-8,10-12H,2-5,9H2,1H3,(H,17,18,19). The minimum Gasteiger partial charge on any atom is -0.481 e. The van der Waals surface area contributed by atoms with Gasteiger partial charge < -0.3 is 10.1 Å². The zero-order chi connectivity index (χ0) is 16.4. The zero-order valence-corrected chi connectivity index (χ0v) is 14.4. The molecular formula is C16H20N6OS. The van der Waals surface area contributed by atoms with E-state index in [1.807, 2.05) is 6.07 Å². The van der Waals surface area contributed by atoms with Crippen LogP contribution in [0.3, 0.4) is 0 Å². The van der Waals surface area contributed by atoms with Gasteiger partial charge in [0.1, 0.15) is 12.1 Å².